The second kappa shape index (κ2) is 7.63. The van der Waals surface area contributed by atoms with E-state index < -0.39 is 11.9 Å². The van der Waals surface area contributed by atoms with Gasteiger partial charge in [0, 0.05) is 0 Å². The zero-order chi connectivity index (χ0) is 21.5. The lowest BCUT2D eigenvalue weighted by molar-refractivity contribution is 0.0970. The number of rotatable bonds is 5. The number of hydrogen-bond donors (Lipinski definition) is 0. The van der Waals surface area contributed by atoms with Crippen LogP contribution in [0.4, 0.5) is 5.13 Å². The summed E-state index contributed by atoms with van der Waals surface area (Å²) in [5.74, 6) is 0.386. The van der Waals surface area contributed by atoms with E-state index in [1.54, 1.807) is 24.3 Å². The summed E-state index contributed by atoms with van der Waals surface area (Å²) in [5.41, 5.74) is 1.26. The third kappa shape index (κ3) is 3.19. The Morgan fingerprint density at radius 1 is 1.10 bits per heavy atom. The van der Waals surface area contributed by atoms with E-state index in [0.29, 0.717) is 28.3 Å². The summed E-state index contributed by atoms with van der Waals surface area (Å²) in [6, 6.07) is 13.7. The van der Waals surface area contributed by atoms with E-state index in [0.717, 1.165) is 22.7 Å². The van der Waals surface area contributed by atoms with Gasteiger partial charge < -0.3 is 9.15 Å². The van der Waals surface area contributed by atoms with Crippen molar-refractivity contribution in [3.8, 4) is 5.75 Å². The number of amides is 1. The van der Waals surface area contributed by atoms with Gasteiger partial charge in [0.2, 0.25) is 10.9 Å². The SMILES string of the molecule is CCCOc1ccc([C@@H]2c3c(oc4ccccc4c3=O)C(=O)N2c2nnc(C)s2)cc1. The van der Waals surface area contributed by atoms with E-state index in [-0.39, 0.29) is 11.2 Å². The van der Waals surface area contributed by atoms with Crippen LogP contribution in [0.1, 0.15) is 46.1 Å². The van der Waals surface area contributed by atoms with Gasteiger partial charge >= 0.3 is 0 Å². The maximum atomic E-state index is 13.4. The third-order valence-electron chi connectivity index (χ3n) is 5.17. The zero-order valence-electron chi connectivity index (χ0n) is 17.0. The van der Waals surface area contributed by atoms with Gasteiger partial charge in [0.15, 0.2) is 5.43 Å². The standard InChI is InChI=1S/C23H19N3O4S/c1-3-12-29-15-10-8-14(9-11-15)19-18-20(27)16-6-4-5-7-17(16)30-21(18)22(28)26(19)23-25-24-13(2)31-23/h4-11,19H,3,12H2,1-2H3/t19-/m1/s1. The van der Waals surface area contributed by atoms with E-state index >= 15 is 0 Å². The number of anilines is 1. The van der Waals surface area contributed by atoms with Crippen molar-refractivity contribution < 1.29 is 13.9 Å². The van der Waals surface area contributed by atoms with Crippen LogP contribution in [0.3, 0.4) is 0 Å². The monoisotopic (exact) mass is 433 g/mol. The van der Waals surface area contributed by atoms with Crippen LogP contribution in [0.15, 0.2) is 57.7 Å². The van der Waals surface area contributed by atoms with E-state index in [2.05, 4.69) is 10.2 Å². The molecule has 1 aliphatic heterocycles. The molecule has 1 amide bonds. The van der Waals surface area contributed by atoms with Crippen LogP contribution in [0.2, 0.25) is 0 Å². The highest BCUT2D eigenvalue weighted by Crippen LogP contribution is 2.42. The van der Waals surface area contributed by atoms with Crippen LogP contribution in [0.5, 0.6) is 5.75 Å². The van der Waals surface area contributed by atoms with E-state index in [4.69, 9.17) is 9.15 Å². The highest BCUT2D eigenvalue weighted by atomic mass is 32.1. The van der Waals surface area contributed by atoms with E-state index in [9.17, 15) is 9.59 Å². The van der Waals surface area contributed by atoms with Crippen molar-refractivity contribution in [2.75, 3.05) is 11.5 Å². The van der Waals surface area contributed by atoms with Crippen molar-refractivity contribution in [2.45, 2.75) is 26.3 Å². The molecule has 2 aromatic carbocycles. The number of fused-ring (bicyclic) bond motifs is 2. The van der Waals surface area contributed by atoms with Gasteiger partial charge in [0.1, 0.15) is 16.3 Å². The van der Waals surface area contributed by atoms with E-state index in [1.807, 2.05) is 38.1 Å². The molecular formula is C23H19N3O4S. The van der Waals surface area contributed by atoms with Gasteiger partial charge in [-0.3, -0.25) is 14.5 Å². The van der Waals surface area contributed by atoms with Crippen LogP contribution >= 0.6 is 11.3 Å². The maximum Gasteiger partial charge on any atom is 0.297 e. The molecule has 0 radical (unpaired) electrons. The second-order valence-corrected chi connectivity index (χ2v) is 8.43. The molecule has 0 N–H and O–H groups in total. The summed E-state index contributed by atoms with van der Waals surface area (Å²) in [6.07, 6.45) is 0.907. The lowest BCUT2D eigenvalue weighted by atomic mass is 9.98. The minimum Gasteiger partial charge on any atom is -0.494 e. The van der Waals surface area contributed by atoms with Crippen molar-refractivity contribution in [2.24, 2.45) is 0 Å². The number of ether oxygens (including phenoxy) is 1. The van der Waals surface area contributed by atoms with Crippen LogP contribution in [0, 0.1) is 6.92 Å². The Morgan fingerprint density at radius 3 is 2.58 bits per heavy atom. The average Bonchev–Trinajstić information content (AvgIpc) is 3.34. The molecule has 8 heteroatoms. The Kier molecular flexibility index (Phi) is 4.78. The van der Waals surface area contributed by atoms with Crippen molar-refractivity contribution >= 4 is 33.3 Å². The van der Waals surface area contributed by atoms with Crippen molar-refractivity contribution in [1.29, 1.82) is 0 Å². The molecular weight excluding hydrogens is 414 g/mol. The molecule has 156 valence electrons. The third-order valence-corrected chi connectivity index (χ3v) is 6.01. The fourth-order valence-corrected chi connectivity index (χ4v) is 4.50. The first-order chi connectivity index (χ1) is 15.1. The highest BCUT2D eigenvalue weighted by molar-refractivity contribution is 7.15. The molecule has 7 nitrogen and oxygen atoms in total. The van der Waals surface area contributed by atoms with Gasteiger partial charge in [0.05, 0.1) is 23.6 Å². The smallest absolute Gasteiger partial charge is 0.297 e. The Morgan fingerprint density at radius 2 is 1.87 bits per heavy atom. The van der Waals surface area contributed by atoms with Crippen molar-refractivity contribution in [3.63, 3.8) is 0 Å². The number of aryl methyl sites for hydroxylation is 1. The first-order valence-corrected chi connectivity index (χ1v) is 10.8. The summed E-state index contributed by atoms with van der Waals surface area (Å²) in [4.78, 5) is 28.3. The van der Waals surface area contributed by atoms with Gasteiger partial charge in [-0.05, 0) is 43.2 Å². The number of carbonyl (C=O) groups is 1. The fraction of sp³-hybridized carbons (Fsp3) is 0.217. The molecule has 0 bridgehead atoms. The molecule has 0 spiro atoms. The molecule has 2 aromatic heterocycles. The lowest BCUT2D eigenvalue weighted by Gasteiger charge is -2.22. The number of hydrogen-bond acceptors (Lipinski definition) is 7. The van der Waals surface area contributed by atoms with Crippen LogP contribution in [-0.4, -0.2) is 22.7 Å². The average molecular weight is 433 g/mol. The number of para-hydroxylation sites is 1. The Balaban J connectivity index is 1.70. The minimum atomic E-state index is -0.657. The Bertz CT molecular complexity index is 1340. The molecule has 4 aromatic rings. The summed E-state index contributed by atoms with van der Waals surface area (Å²) >= 11 is 1.30. The highest BCUT2D eigenvalue weighted by Gasteiger charge is 2.45. The Hall–Kier alpha value is -3.52. The molecule has 5 rings (SSSR count). The Labute approximate surface area is 181 Å². The molecule has 0 saturated heterocycles. The molecule has 1 atom stereocenters. The first-order valence-electron chi connectivity index (χ1n) is 10.0. The van der Waals surface area contributed by atoms with Crippen molar-refractivity contribution in [3.05, 3.63) is 80.6 Å². The molecule has 0 unspecified atom stereocenters. The molecule has 0 saturated carbocycles. The second-order valence-electron chi connectivity index (χ2n) is 7.27. The lowest BCUT2D eigenvalue weighted by Crippen LogP contribution is -2.29. The van der Waals surface area contributed by atoms with Crippen LogP contribution in [-0.2, 0) is 0 Å². The molecule has 3 heterocycles. The number of aromatic nitrogens is 2. The minimum absolute atomic E-state index is 0.0489. The number of nitrogens with zero attached hydrogens (tertiary/aromatic N) is 3. The fourth-order valence-electron chi connectivity index (χ4n) is 3.78. The van der Waals surface area contributed by atoms with Gasteiger partial charge in [-0.2, -0.15) is 0 Å². The molecule has 0 fully saturated rings. The number of benzene rings is 2. The van der Waals surface area contributed by atoms with Gasteiger partial charge in [-0.15, -0.1) is 10.2 Å². The molecule has 0 aliphatic carbocycles. The quantitative estimate of drug-likeness (QED) is 0.461. The van der Waals surface area contributed by atoms with Crippen LogP contribution in [0.25, 0.3) is 11.0 Å². The summed E-state index contributed by atoms with van der Waals surface area (Å²) < 4.78 is 11.6. The molecule has 1 aliphatic rings. The normalized spacial score (nSPS) is 15.5. The maximum absolute atomic E-state index is 13.4. The molecule has 31 heavy (non-hydrogen) atoms. The number of carbonyl (C=O) groups excluding carboxylic acids is 1. The van der Waals surface area contributed by atoms with Crippen molar-refractivity contribution in [1.82, 2.24) is 10.2 Å². The van der Waals surface area contributed by atoms with Gasteiger partial charge in [-0.1, -0.05) is 42.5 Å². The largest absolute Gasteiger partial charge is 0.494 e. The summed E-state index contributed by atoms with van der Waals surface area (Å²) in [5, 5.41) is 9.82. The first kappa shape index (κ1) is 19.4. The predicted octanol–water partition coefficient (Wildman–Crippen LogP) is 4.49. The summed E-state index contributed by atoms with van der Waals surface area (Å²) in [6.45, 7) is 4.48. The van der Waals surface area contributed by atoms with Gasteiger partial charge in [-0.25, -0.2) is 0 Å². The van der Waals surface area contributed by atoms with Gasteiger partial charge in [0.25, 0.3) is 5.91 Å². The van der Waals surface area contributed by atoms with E-state index in [1.165, 1.54) is 16.2 Å². The predicted molar refractivity (Wildman–Crippen MR) is 118 cm³/mol. The van der Waals surface area contributed by atoms with Crippen LogP contribution < -0.4 is 15.1 Å². The zero-order valence-corrected chi connectivity index (χ0v) is 17.8. The summed E-state index contributed by atoms with van der Waals surface area (Å²) in [7, 11) is 0. The topological polar surface area (TPSA) is 85.5 Å².